The summed E-state index contributed by atoms with van der Waals surface area (Å²) in [6, 6.07) is 6.30. The maximum absolute atomic E-state index is 11.6. The predicted molar refractivity (Wildman–Crippen MR) is 83.7 cm³/mol. The molecule has 9 heteroatoms. The van der Waals surface area contributed by atoms with Crippen LogP contribution >= 0.6 is 24.0 Å². The van der Waals surface area contributed by atoms with Crippen LogP contribution in [-0.4, -0.2) is 35.8 Å². The summed E-state index contributed by atoms with van der Waals surface area (Å²) in [6.45, 7) is 0.253. The number of carbonyl (C=O) groups is 1. The van der Waals surface area contributed by atoms with E-state index in [0.29, 0.717) is 10.8 Å². The first-order chi connectivity index (χ1) is 10.1. The van der Waals surface area contributed by atoms with E-state index in [2.05, 4.69) is 15.5 Å². The lowest BCUT2D eigenvalue weighted by molar-refractivity contribution is -0.123. The summed E-state index contributed by atoms with van der Waals surface area (Å²) in [5, 5.41) is 7.06. The van der Waals surface area contributed by atoms with Gasteiger partial charge in [-0.25, -0.2) is 0 Å². The molecule has 1 heterocycles. The number of carbonyl (C=O) groups excluding carboxylic acids is 1. The highest BCUT2D eigenvalue weighted by atomic mass is 35.5. The summed E-state index contributed by atoms with van der Waals surface area (Å²) in [6.07, 6.45) is 0. The average Bonchev–Trinajstić information content (AvgIpc) is 2.94. The zero-order valence-corrected chi connectivity index (χ0v) is 13.4. The summed E-state index contributed by atoms with van der Waals surface area (Å²) in [4.78, 5) is 15.8. The first-order valence-corrected chi connectivity index (χ1v) is 6.58. The first kappa shape index (κ1) is 18.4. The van der Waals surface area contributed by atoms with Crippen LogP contribution in [0.3, 0.4) is 0 Å². The molecule has 1 aromatic heterocycles. The molecule has 1 amide bonds. The van der Waals surface area contributed by atoms with Crippen LogP contribution in [0.25, 0.3) is 11.4 Å². The van der Waals surface area contributed by atoms with Gasteiger partial charge in [0.05, 0.1) is 13.2 Å². The predicted octanol–water partition coefficient (Wildman–Crippen LogP) is 1.40. The van der Waals surface area contributed by atoms with Gasteiger partial charge >= 0.3 is 0 Å². The highest BCUT2D eigenvalue weighted by molar-refractivity contribution is 6.30. The third-order valence-corrected chi connectivity index (χ3v) is 2.92. The molecule has 0 radical (unpaired) electrons. The second-order valence-corrected chi connectivity index (χ2v) is 4.73. The van der Waals surface area contributed by atoms with Gasteiger partial charge in [0.1, 0.15) is 6.04 Å². The maximum atomic E-state index is 11.6. The number of halogens is 2. The molecule has 0 saturated heterocycles. The SMILES string of the molecule is COCC(N)C(=O)NCc1nc(-c2ccc(Cl)cc2)no1.Cl. The van der Waals surface area contributed by atoms with Gasteiger partial charge in [-0.3, -0.25) is 4.79 Å². The summed E-state index contributed by atoms with van der Waals surface area (Å²) in [5.41, 5.74) is 6.36. The Morgan fingerprint density at radius 1 is 1.45 bits per heavy atom. The van der Waals surface area contributed by atoms with E-state index in [1.54, 1.807) is 24.3 Å². The number of benzene rings is 1. The quantitative estimate of drug-likeness (QED) is 0.819. The van der Waals surface area contributed by atoms with E-state index >= 15 is 0 Å². The van der Waals surface area contributed by atoms with Crippen molar-refractivity contribution < 1.29 is 14.1 Å². The lowest BCUT2D eigenvalue weighted by Crippen LogP contribution is -2.43. The number of amides is 1. The van der Waals surface area contributed by atoms with Crippen molar-refractivity contribution in [1.29, 1.82) is 0 Å². The number of ether oxygens (including phenoxy) is 1. The van der Waals surface area contributed by atoms with Crippen LogP contribution in [-0.2, 0) is 16.1 Å². The molecule has 2 rings (SSSR count). The molecule has 0 aliphatic carbocycles. The minimum Gasteiger partial charge on any atom is -0.383 e. The molecule has 7 nitrogen and oxygen atoms in total. The summed E-state index contributed by atoms with van der Waals surface area (Å²) in [7, 11) is 1.48. The maximum Gasteiger partial charge on any atom is 0.246 e. The van der Waals surface area contributed by atoms with E-state index in [4.69, 9.17) is 26.6 Å². The second kappa shape index (κ2) is 8.70. The zero-order chi connectivity index (χ0) is 15.2. The fraction of sp³-hybridized carbons (Fsp3) is 0.308. The molecule has 0 spiro atoms. The molecule has 1 unspecified atom stereocenters. The van der Waals surface area contributed by atoms with E-state index in [1.165, 1.54) is 7.11 Å². The Labute approximate surface area is 138 Å². The van der Waals surface area contributed by atoms with Crippen LogP contribution in [0.2, 0.25) is 5.02 Å². The molecule has 0 aliphatic rings. The number of nitrogens with one attached hydrogen (secondary N) is 1. The van der Waals surface area contributed by atoms with Gasteiger partial charge in [-0.1, -0.05) is 16.8 Å². The monoisotopic (exact) mass is 346 g/mol. The molecule has 22 heavy (non-hydrogen) atoms. The van der Waals surface area contributed by atoms with Crippen LogP contribution in [0.4, 0.5) is 0 Å². The molecular formula is C13H16Cl2N4O3. The van der Waals surface area contributed by atoms with Crippen LogP contribution in [0.15, 0.2) is 28.8 Å². The molecule has 2 aromatic rings. The van der Waals surface area contributed by atoms with E-state index < -0.39 is 6.04 Å². The van der Waals surface area contributed by atoms with E-state index in [-0.39, 0.29) is 37.4 Å². The standard InChI is InChI=1S/C13H15ClN4O3.ClH/c1-20-7-10(15)13(19)16-6-11-17-12(18-21-11)8-2-4-9(14)5-3-8;/h2-5,10H,6-7,15H2,1H3,(H,16,19);1H. The van der Waals surface area contributed by atoms with Gasteiger partial charge in [0, 0.05) is 17.7 Å². The van der Waals surface area contributed by atoms with Gasteiger partial charge in [-0.2, -0.15) is 4.98 Å². The van der Waals surface area contributed by atoms with Crippen molar-refractivity contribution in [1.82, 2.24) is 15.5 Å². The van der Waals surface area contributed by atoms with Crippen LogP contribution < -0.4 is 11.1 Å². The Bertz CT molecular complexity index is 604. The van der Waals surface area contributed by atoms with Crippen molar-refractivity contribution >= 4 is 29.9 Å². The Balaban J connectivity index is 0.00000242. The van der Waals surface area contributed by atoms with Crippen LogP contribution in [0, 0.1) is 0 Å². The van der Waals surface area contributed by atoms with Gasteiger partial charge in [-0.05, 0) is 24.3 Å². The lowest BCUT2D eigenvalue weighted by Gasteiger charge is -2.09. The van der Waals surface area contributed by atoms with Crippen molar-refractivity contribution in [2.24, 2.45) is 5.73 Å². The number of nitrogens with two attached hydrogens (primary N) is 1. The summed E-state index contributed by atoms with van der Waals surface area (Å²) >= 11 is 5.81. The number of aromatic nitrogens is 2. The molecule has 1 aromatic carbocycles. The Hall–Kier alpha value is -1.67. The van der Waals surface area contributed by atoms with Gasteiger partial charge in [0.25, 0.3) is 0 Å². The normalized spacial score (nSPS) is 11.6. The fourth-order valence-corrected chi connectivity index (χ4v) is 1.72. The van der Waals surface area contributed by atoms with Crippen LogP contribution in [0.5, 0.6) is 0 Å². The molecular weight excluding hydrogens is 331 g/mol. The van der Waals surface area contributed by atoms with Crippen molar-refractivity contribution in [3.8, 4) is 11.4 Å². The topological polar surface area (TPSA) is 103 Å². The molecule has 3 N–H and O–H groups in total. The van der Waals surface area contributed by atoms with Crippen molar-refractivity contribution in [3.05, 3.63) is 35.2 Å². The van der Waals surface area contributed by atoms with Gasteiger partial charge in [0.15, 0.2) is 0 Å². The van der Waals surface area contributed by atoms with E-state index in [1.807, 2.05) is 0 Å². The fourth-order valence-electron chi connectivity index (χ4n) is 1.59. The molecule has 0 bridgehead atoms. The highest BCUT2D eigenvalue weighted by Crippen LogP contribution is 2.18. The number of rotatable bonds is 6. The molecule has 1 atom stereocenters. The average molecular weight is 347 g/mol. The largest absolute Gasteiger partial charge is 0.383 e. The van der Waals surface area contributed by atoms with E-state index in [0.717, 1.165) is 5.56 Å². The van der Waals surface area contributed by atoms with Crippen molar-refractivity contribution in [3.63, 3.8) is 0 Å². The number of hydrogen-bond acceptors (Lipinski definition) is 6. The molecule has 120 valence electrons. The molecule has 0 aliphatic heterocycles. The minimum absolute atomic E-state index is 0. The third-order valence-electron chi connectivity index (χ3n) is 2.67. The smallest absolute Gasteiger partial charge is 0.246 e. The van der Waals surface area contributed by atoms with Crippen LogP contribution in [0.1, 0.15) is 5.89 Å². The van der Waals surface area contributed by atoms with Crippen molar-refractivity contribution in [2.75, 3.05) is 13.7 Å². The minimum atomic E-state index is -0.728. The second-order valence-electron chi connectivity index (χ2n) is 4.30. The highest BCUT2D eigenvalue weighted by Gasteiger charge is 2.14. The van der Waals surface area contributed by atoms with Gasteiger partial charge in [-0.15, -0.1) is 12.4 Å². The Morgan fingerprint density at radius 2 is 2.14 bits per heavy atom. The van der Waals surface area contributed by atoms with Gasteiger partial charge < -0.3 is 20.3 Å². The number of nitrogens with zero attached hydrogens (tertiary/aromatic N) is 2. The first-order valence-electron chi connectivity index (χ1n) is 6.21. The number of hydrogen-bond donors (Lipinski definition) is 2. The lowest BCUT2D eigenvalue weighted by atomic mass is 10.2. The Kier molecular flexibility index (Phi) is 7.26. The van der Waals surface area contributed by atoms with Gasteiger partial charge in [0.2, 0.25) is 17.6 Å². The molecule has 0 fully saturated rings. The zero-order valence-electron chi connectivity index (χ0n) is 11.8. The Morgan fingerprint density at radius 3 is 2.77 bits per heavy atom. The summed E-state index contributed by atoms with van der Waals surface area (Å²) < 4.78 is 9.86. The summed E-state index contributed by atoms with van der Waals surface area (Å²) in [5.74, 6) is 0.373. The third kappa shape index (κ3) is 4.96. The molecule has 0 saturated carbocycles. The number of methoxy groups -OCH3 is 1. The van der Waals surface area contributed by atoms with Crippen molar-refractivity contribution in [2.45, 2.75) is 12.6 Å². The van der Waals surface area contributed by atoms with E-state index in [9.17, 15) is 4.79 Å².